The smallest absolute Gasteiger partial charge is 0.257 e. The Morgan fingerprint density at radius 3 is 2.85 bits per heavy atom. The van der Waals surface area contributed by atoms with Gasteiger partial charge in [-0.15, -0.1) is 0 Å². The molecule has 136 valence electrons. The molecule has 1 amide bonds. The number of amides is 1. The number of aryl methyl sites for hydroxylation is 1. The predicted molar refractivity (Wildman–Crippen MR) is 93.4 cm³/mol. The SMILES string of the molecule is Cc1nc(NCc2ccc3c(c2)OCO3)ncc1C(=O)N1CCOCC1. The van der Waals surface area contributed by atoms with Crippen molar-refractivity contribution in [1.29, 1.82) is 0 Å². The van der Waals surface area contributed by atoms with Crippen LogP contribution in [0.4, 0.5) is 5.95 Å². The summed E-state index contributed by atoms with van der Waals surface area (Å²) in [4.78, 5) is 23.0. The first kappa shape index (κ1) is 16.6. The Kier molecular flexibility index (Phi) is 4.57. The molecule has 2 aliphatic heterocycles. The van der Waals surface area contributed by atoms with Gasteiger partial charge in [-0.05, 0) is 24.6 Å². The summed E-state index contributed by atoms with van der Waals surface area (Å²) in [5.74, 6) is 1.94. The highest BCUT2D eigenvalue weighted by molar-refractivity contribution is 5.95. The summed E-state index contributed by atoms with van der Waals surface area (Å²) < 4.78 is 16.0. The zero-order valence-electron chi connectivity index (χ0n) is 14.5. The van der Waals surface area contributed by atoms with Crippen molar-refractivity contribution in [3.05, 3.63) is 41.2 Å². The van der Waals surface area contributed by atoms with Crippen molar-refractivity contribution in [2.75, 3.05) is 38.4 Å². The van der Waals surface area contributed by atoms with Crippen molar-refractivity contribution >= 4 is 11.9 Å². The van der Waals surface area contributed by atoms with Crippen LogP contribution in [-0.2, 0) is 11.3 Å². The molecule has 1 aromatic heterocycles. The Morgan fingerprint density at radius 2 is 2.04 bits per heavy atom. The summed E-state index contributed by atoms with van der Waals surface area (Å²) in [6.07, 6.45) is 1.59. The summed E-state index contributed by atoms with van der Waals surface area (Å²) in [6.45, 7) is 4.97. The van der Waals surface area contributed by atoms with E-state index in [1.54, 1.807) is 11.1 Å². The molecular formula is C18H20N4O4. The first-order valence-electron chi connectivity index (χ1n) is 8.54. The van der Waals surface area contributed by atoms with E-state index in [-0.39, 0.29) is 12.7 Å². The van der Waals surface area contributed by atoms with E-state index in [4.69, 9.17) is 14.2 Å². The fourth-order valence-corrected chi connectivity index (χ4v) is 2.93. The van der Waals surface area contributed by atoms with Crippen LogP contribution >= 0.6 is 0 Å². The molecular weight excluding hydrogens is 336 g/mol. The lowest BCUT2D eigenvalue weighted by Gasteiger charge is -2.27. The molecule has 4 rings (SSSR count). The second-order valence-corrected chi connectivity index (χ2v) is 6.14. The quantitative estimate of drug-likeness (QED) is 0.890. The molecule has 1 N–H and O–H groups in total. The normalized spacial score (nSPS) is 15.8. The maximum atomic E-state index is 12.6. The van der Waals surface area contributed by atoms with Crippen LogP contribution in [0.5, 0.6) is 11.5 Å². The predicted octanol–water partition coefficient (Wildman–Crippen LogP) is 1.60. The lowest BCUT2D eigenvalue weighted by atomic mass is 10.2. The molecule has 2 aliphatic rings. The van der Waals surface area contributed by atoms with E-state index in [1.807, 2.05) is 25.1 Å². The van der Waals surface area contributed by atoms with Crippen LogP contribution in [0.3, 0.4) is 0 Å². The Labute approximate surface area is 151 Å². The molecule has 0 spiro atoms. The largest absolute Gasteiger partial charge is 0.454 e. The molecule has 0 aliphatic carbocycles. The van der Waals surface area contributed by atoms with Crippen molar-refractivity contribution in [1.82, 2.24) is 14.9 Å². The third kappa shape index (κ3) is 3.41. The number of anilines is 1. The Bertz CT molecular complexity index is 821. The highest BCUT2D eigenvalue weighted by Gasteiger charge is 2.21. The number of rotatable bonds is 4. The van der Waals surface area contributed by atoms with Crippen LogP contribution in [0.15, 0.2) is 24.4 Å². The number of nitrogens with zero attached hydrogens (tertiary/aromatic N) is 3. The van der Waals surface area contributed by atoms with Gasteiger partial charge in [-0.3, -0.25) is 4.79 Å². The maximum Gasteiger partial charge on any atom is 0.257 e. The van der Waals surface area contributed by atoms with Gasteiger partial charge >= 0.3 is 0 Å². The number of nitrogens with one attached hydrogen (secondary N) is 1. The van der Waals surface area contributed by atoms with Crippen molar-refractivity contribution in [3.8, 4) is 11.5 Å². The lowest BCUT2D eigenvalue weighted by Crippen LogP contribution is -2.41. The number of morpholine rings is 1. The van der Waals surface area contributed by atoms with Crippen LogP contribution in [0.25, 0.3) is 0 Å². The van der Waals surface area contributed by atoms with Crippen LogP contribution in [0.2, 0.25) is 0 Å². The number of carbonyl (C=O) groups excluding carboxylic acids is 1. The van der Waals surface area contributed by atoms with E-state index in [0.29, 0.717) is 50.1 Å². The molecule has 2 aromatic rings. The van der Waals surface area contributed by atoms with Gasteiger partial charge in [-0.1, -0.05) is 6.07 Å². The van der Waals surface area contributed by atoms with Crippen molar-refractivity contribution < 1.29 is 19.0 Å². The Hall–Kier alpha value is -2.87. The second kappa shape index (κ2) is 7.17. The maximum absolute atomic E-state index is 12.6. The van der Waals surface area contributed by atoms with E-state index in [9.17, 15) is 4.79 Å². The minimum atomic E-state index is -0.0480. The summed E-state index contributed by atoms with van der Waals surface area (Å²) >= 11 is 0. The number of benzene rings is 1. The van der Waals surface area contributed by atoms with Gasteiger partial charge in [0.1, 0.15) is 0 Å². The van der Waals surface area contributed by atoms with Gasteiger partial charge in [0.25, 0.3) is 5.91 Å². The first-order chi connectivity index (χ1) is 12.7. The molecule has 1 fully saturated rings. The molecule has 3 heterocycles. The molecule has 0 atom stereocenters. The molecule has 0 bridgehead atoms. The average Bonchev–Trinajstić information content (AvgIpc) is 3.14. The standard InChI is InChI=1S/C18H20N4O4/c1-12-14(17(23)22-4-6-24-7-5-22)10-20-18(21-12)19-9-13-2-3-15-16(8-13)26-11-25-15/h2-3,8,10H,4-7,9,11H2,1H3,(H,19,20,21). The highest BCUT2D eigenvalue weighted by atomic mass is 16.7. The number of ether oxygens (including phenoxy) is 3. The lowest BCUT2D eigenvalue weighted by molar-refractivity contribution is 0.0302. The van der Waals surface area contributed by atoms with Gasteiger partial charge in [-0.25, -0.2) is 9.97 Å². The van der Waals surface area contributed by atoms with Crippen LogP contribution in [0.1, 0.15) is 21.6 Å². The Balaban J connectivity index is 1.41. The van der Waals surface area contributed by atoms with Gasteiger partial charge in [0, 0.05) is 25.8 Å². The van der Waals surface area contributed by atoms with E-state index in [0.717, 1.165) is 17.1 Å². The van der Waals surface area contributed by atoms with E-state index in [2.05, 4.69) is 15.3 Å². The highest BCUT2D eigenvalue weighted by Crippen LogP contribution is 2.32. The van der Waals surface area contributed by atoms with Gasteiger partial charge < -0.3 is 24.4 Å². The summed E-state index contributed by atoms with van der Waals surface area (Å²) in [7, 11) is 0. The van der Waals surface area contributed by atoms with E-state index in [1.165, 1.54) is 0 Å². The van der Waals surface area contributed by atoms with Crippen molar-refractivity contribution in [2.24, 2.45) is 0 Å². The zero-order valence-corrected chi connectivity index (χ0v) is 14.5. The van der Waals surface area contributed by atoms with Crippen molar-refractivity contribution in [3.63, 3.8) is 0 Å². The number of fused-ring (bicyclic) bond motifs is 1. The minimum absolute atomic E-state index is 0.0480. The van der Waals surface area contributed by atoms with E-state index >= 15 is 0 Å². The average molecular weight is 356 g/mol. The summed E-state index contributed by atoms with van der Waals surface area (Å²) in [5.41, 5.74) is 2.22. The first-order valence-corrected chi connectivity index (χ1v) is 8.54. The van der Waals surface area contributed by atoms with E-state index < -0.39 is 0 Å². The minimum Gasteiger partial charge on any atom is -0.454 e. The fourth-order valence-electron chi connectivity index (χ4n) is 2.93. The number of carbonyl (C=O) groups is 1. The fraction of sp³-hybridized carbons (Fsp3) is 0.389. The van der Waals surface area contributed by atoms with Gasteiger partial charge in [-0.2, -0.15) is 0 Å². The topological polar surface area (TPSA) is 85.8 Å². The second-order valence-electron chi connectivity index (χ2n) is 6.14. The number of hydrogen-bond acceptors (Lipinski definition) is 7. The molecule has 8 heteroatoms. The Morgan fingerprint density at radius 1 is 1.23 bits per heavy atom. The zero-order chi connectivity index (χ0) is 17.9. The third-order valence-corrected chi connectivity index (χ3v) is 4.40. The van der Waals surface area contributed by atoms with Crippen LogP contribution in [-0.4, -0.2) is 53.9 Å². The summed E-state index contributed by atoms with van der Waals surface area (Å²) in [5, 5.41) is 3.18. The molecule has 0 radical (unpaired) electrons. The van der Waals surface area contributed by atoms with Gasteiger partial charge in [0.15, 0.2) is 11.5 Å². The summed E-state index contributed by atoms with van der Waals surface area (Å²) in [6, 6.07) is 5.78. The monoisotopic (exact) mass is 356 g/mol. The van der Waals surface area contributed by atoms with Crippen LogP contribution in [0, 0.1) is 6.92 Å². The number of aromatic nitrogens is 2. The van der Waals surface area contributed by atoms with Gasteiger partial charge in [0.05, 0.1) is 24.5 Å². The number of hydrogen-bond donors (Lipinski definition) is 1. The van der Waals surface area contributed by atoms with Gasteiger partial charge in [0.2, 0.25) is 12.7 Å². The molecule has 26 heavy (non-hydrogen) atoms. The molecule has 8 nitrogen and oxygen atoms in total. The molecule has 1 aromatic carbocycles. The van der Waals surface area contributed by atoms with Crippen molar-refractivity contribution in [2.45, 2.75) is 13.5 Å². The molecule has 0 saturated carbocycles. The third-order valence-electron chi connectivity index (χ3n) is 4.40. The molecule has 1 saturated heterocycles. The molecule has 0 unspecified atom stereocenters. The van der Waals surface area contributed by atoms with Crippen LogP contribution < -0.4 is 14.8 Å².